The molecule has 11 aliphatic rings. The zero-order valence-corrected chi connectivity index (χ0v) is 55.0. The average molecular weight is 1370 g/mol. The van der Waals surface area contributed by atoms with Crippen LogP contribution < -0.4 is 0 Å². The van der Waals surface area contributed by atoms with Gasteiger partial charge in [0, 0.05) is 5.41 Å². The third-order valence-electron chi connectivity index (χ3n) is 24.9. The summed E-state index contributed by atoms with van der Waals surface area (Å²) in [6, 6.07) is 0. The van der Waals surface area contributed by atoms with Crippen molar-refractivity contribution in [2.24, 2.45) is 50.2 Å². The molecule has 0 radical (unpaired) electrons. The van der Waals surface area contributed by atoms with Gasteiger partial charge in [-0.25, -0.2) is 0 Å². The van der Waals surface area contributed by atoms with Crippen molar-refractivity contribution < 1.29 is 154 Å². The van der Waals surface area contributed by atoms with E-state index in [1.54, 1.807) is 0 Å². The van der Waals surface area contributed by atoms with Crippen molar-refractivity contribution in [2.45, 2.75) is 304 Å². The predicted molar refractivity (Wildman–Crippen MR) is 316 cm³/mol. The quantitative estimate of drug-likeness (QED) is 0.0439. The Morgan fingerprint density at radius 3 is 1.67 bits per heavy atom. The minimum absolute atomic E-state index is 0.103. The number of carbonyl (C=O) groups excluding carboxylic acids is 1. The van der Waals surface area contributed by atoms with Crippen LogP contribution in [0.4, 0.5) is 0 Å². The number of esters is 1. The largest absolute Gasteiger partial charge is 0.432 e. The lowest BCUT2D eigenvalue weighted by Gasteiger charge is -2.72. The van der Waals surface area contributed by atoms with Crippen molar-refractivity contribution in [3.63, 3.8) is 0 Å². The summed E-state index contributed by atoms with van der Waals surface area (Å²) >= 11 is 0. The molecule has 10 fully saturated rings. The van der Waals surface area contributed by atoms with Crippen molar-refractivity contribution >= 4 is 5.97 Å². The van der Waals surface area contributed by atoms with E-state index >= 15 is 4.79 Å². The second-order valence-electron chi connectivity index (χ2n) is 31.1. The number of carbonyl (C=O) groups is 1. The van der Waals surface area contributed by atoms with Crippen LogP contribution in [0.25, 0.3) is 0 Å². The first kappa shape index (κ1) is 74.2. The molecular formula is C64H104O31. The van der Waals surface area contributed by atoms with Gasteiger partial charge in [-0.3, -0.25) is 4.79 Å². The second kappa shape index (κ2) is 27.3. The molecule has 6 aliphatic heterocycles. The lowest BCUT2D eigenvalue weighted by atomic mass is 9.33. The second-order valence-corrected chi connectivity index (χ2v) is 31.1. The Bertz CT molecular complexity index is 2700. The summed E-state index contributed by atoms with van der Waals surface area (Å²) in [4.78, 5) is 15.5. The first-order valence-electron chi connectivity index (χ1n) is 33.6. The zero-order chi connectivity index (χ0) is 69.5. The monoisotopic (exact) mass is 1370 g/mol. The smallest absolute Gasteiger partial charge is 0.317 e. The summed E-state index contributed by atoms with van der Waals surface area (Å²) in [6.07, 6.45) is -45.0. The lowest BCUT2D eigenvalue weighted by Crippen LogP contribution is -2.70. The first-order chi connectivity index (χ1) is 44.4. The normalized spacial score (nSPS) is 56.4. The summed E-state index contributed by atoms with van der Waals surface area (Å²) in [6.45, 7) is 14.4. The van der Waals surface area contributed by atoms with Crippen LogP contribution in [-0.4, -0.2) is 315 Å². The Morgan fingerprint density at radius 2 is 1.03 bits per heavy atom. The fourth-order valence-electron chi connectivity index (χ4n) is 19.0. The SMILES string of the molecule is C[C@@H]1O[C@H](O[C@@H]2[C@@H](O)[C@H](O[C@@H]3[C@@H](O)[C@@H](O)[C@@H](O[C@H]4[C@H](OC(=O)[C@]56CCC(C)(C)CC5C5=CCC7[C@@]8(C)C[C@H](O)[C@H](O[C@@H]9O[C@H](CO)[C@@H](O)[C@H](O)[C@H]9O)[C@@](C)(CO)C8CC[C@@]7(C)[C@]5(C)C[C@H]6O)OC[C@@H](O)[C@@H]4O)O[C@H]3C)OC[C@H]2O)[C@H](O[C@H]2O[C@H](C)[C@H](O)[C@H](O)[C@H]2O)[C@H](O)[C@H]1O. The molecule has 18 N–H and O–H groups in total. The third-order valence-corrected chi connectivity index (χ3v) is 24.9. The van der Waals surface area contributed by atoms with Gasteiger partial charge in [0.1, 0.15) is 115 Å². The van der Waals surface area contributed by atoms with Gasteiger partial charge in [-0.15, -0.1) is 0 Å². The Hall–Kier alpha value is -1.95. The van der Waals surface area contributed by atoms with Gasteiger partial charge in [0.2, 0.25) is 6.29 Å². The predicted octanol–water partition coefficient (Wildman–Crippen LogP) is -5.11. The maximum atomic E-state index is 15.5. The molecular weight excluding hydrogens is 1260 g/mol. The van der Waals surface area contributed by atoms with E-state index in [4.69, 9.17) is 56.8 Å². The summed E-state index contributed by atoms with van der Waals surface area (Å²) in [5.41, 5.74) is -4.13. The molecule has 95 heavy (non-hydrogen) atoms. The molecule has 11 rings (SSSR count). The van der Waals surface area contributed by atoms with Gasteiger partial charge in [0.05, 0.1) is 63.1 Å². The number of allylic oxidation sites excluding steroid dienone is 2. The molecule has 39 atom stereocenters. The molecule has 6 saturated heterocycles. The number of aliphatic hydroxyl groups excluding tert-OH is 18. The molecule has 3 unspecified atom stereocenters. The Balaban J connectivity index is 0.782. The Morgan fingerprint density at radius 1 is 0.495 bits per heavy atom. The molecule has 6 heterocycles. The number of hydrogen-bond donors (Lipinski definition) is 18. The average Bonchev–Trinajstić information content (AvgIpc) is 0.670. The van der Waals surface area contributed by atoms with Crippen molar-refractivity contribution in [3.8, 4) is 0 Å². The van der Waals surface area contributed by atoms with Gasteiger partial charge in [-0.1, -0.05) is 53.2 Å². The third kappa shape index (κ3) is 12.4. The van der Waals surface area contributed by atoms with Crippen molar-refractivity contribution in [3.05, 3.63) is 11.6 Å². The van der Waals surface area contributed by atoms with Crippen molar-refractivity contribution in [2.75, 3.05) is 26.4 Å². The van der Waals surface area contributed by atoms with Gasteiger partial charge in [0.15, 0.2) is 37.6 Å². The van der Waals surface area contributed by atoms with Gasteiger partial charge in [-0.2, -0.15) is 0 Å². The minimum atomic E-state index is -2.04. The molecule has 0 spiro atoms. The standard InChI is InChI=1S/C64H104O31/c1-23-35(71)39(75)43(79)53(86-23)93-50-41(77)36(72)24(2)87-57(50)91-48-30(69)21-84-52(46(48)82)90-47-25(3)88-54(45(81)42(47)78)92-49-37(73)29(68)20-85-56(49)95-58(83)64-15-14-59(4,5)16-27(64)26-10-11-33-60(6)17-28(67)51(94-55-44(80)40(76)38(74)31(19-65)89-55)61(7,22-66)32(60)12-13-62(33,8)63(26,9)18-34(64)70/h10,23-25,27-57,65-82H,11-22H2,1-9H3/t23-,24+,25+,27?,28+,29-,30-,31-,32?,33?,34-,35+,36+,37+,38-,39+,40+,41-,42+,43-,44-,45-,46-,47+,48+,49-,50-,51+,52+,53-,54-,55+,56+,57-,60+,61+,62-,63-,64-/m1/s1. The molecule has 0 aromatic heterocycles. The maximum Gasteiger partial charge on any atom is 0.317 e. The van der Waals surface area contributed by atoms with Crippen LogP contribution in [0.5, 0.6) is 0 Å². The van der Waals surface area contributed by atoms with Crippen LogP contribution >= 0.6 is 0 Å². The van der Waals surface area contributed by atoms with Crippen LogP contribution in [0, 0.1) is 50.2 Å². The highest BCUT2D eigenvalue weighted by Gasteiger charge is 2.73. The van der Waals surface area contributed by atoms with Gasteiger partial charge < -0.3 is 149 Å². The van der Waals surface area contributed by atoms with Gasteiger partial charge in [-0.05, 0) is 112 Å². The molecule has 5 aliphatic carbocycles. The van der Waals surface area contributed by atoms with E-state index in [9.17, 15) is 91.9 Å². The van der Waals surface area contributed by atoms with E-state index in [2.05, 4.69) is 40.7 Å². The number of aliphatic hydroxyl groups is 18. The summed E-state index contributed by atoms with van der Waals surface area (Å²) in [5.74, 6) is -1.92. The molecule has 31 heteroatoms. The number of ether oxygens (including phenoxy) is 12. The van der Waals surface area contributed by atoms with Crippen molar-refractivity contribution in [1.29, 1.82) is 0 Å². The van der Waals surface area contributed by atoms with Crippen LogP contribution in [0.1, 0.15) is 114 Å². The maximum absolute atomic E-state index is 15.5. The molecule has 0 aromatic rings. The molecule has 4 saturated carbocycles. The van der Waals surface area contributed by atoms with Crippen LogP contribution in [0.3, 0.4) is 0 Å². The zero-order valence-electron chi connectivity index (χ0n) is 55.0. The summed E-state index contributed by atoms with van der Waals surface area (Å²) < 4.78 is 71.4. The van der Waals surface area contributed by atoms with E-state index in [1.165, 1.54) is 20.8 Å². The highest BCUT2D eigenvalue weighted by atomic mass is 16.8. The van der Waals surface area contributed by atoms with Crippen LogP contribution in [-0.2, 0) is 61.6 Å². The molecule has 0 aromatic carbocycles. The Kier molecular flexibility index (Phi) is 21.4. The van der Waals surface area contributed by atoms with Crippen LogP contribution in [0.2, 0.25) is 0 Å². The number of fused-ring (bicyclic) bond motifs is 7. The summed E-state index contributed by atoms with van der Waals surface area (Å²) in [5, 5.41) is 201. The van der Waals surface area contributed by atoms with Crippen LogP contribution in [0.15, 0.2) is 11.6 Å². The molecule has 31 nitrogen and oxygen atoms in total. The van der Waals surface area contributed by atoms with Gasteiger partial charge in [0.25, 0.3) is 0 Å². The highest BCUT2D eigenvalue weighted by Crippen LogP contribution is 2.76. The fraction of sp³-hybridized carbons (Fsp3) is 0.953. The Labute approximate surface area is 550 Å². The van der Waals surface area contributed by atoms with Crippen molar-refractivity contribution in [1.82, 2.24) is 0 Å². The fourth-order valence-corrected chi connectivity index (χ4v) is 19.0. The van der Waals surface area contributed by atoms with E-state index in [0.717, 1.165) is 5.57 Å². The lowest BCUT2D eigenvalue weighted by molar-refractivity contribution is -0.389. The molecule has 546 valence electrons. The highest BCUT2D eigenvalue weighted by molar-refractivity contribution is 5.80. The molecule has 0 amide bonds. The van der Waals surface area contributed by atoms with E-state index in [0.29, 0.717) is 32.1 Å². The topological polar surface area (TPSA) is 492 Å². The minimum Gasteiger partial charge on any atom is -0.432 e. The van der Waals surface area contributed by atoms with E-state index < -0.39 is 256 Å². The summed E-state index contributed by atoms with van der Waals surface area (Å²) in [7, 11) is 0. The number of hydrogen-bond acceptors (Lipinski definition) is 31. The van der Waals surface area contributed by atoms with Gasteiger partial charge >= 0.3 is 5.97 Å². The number of rotatable bonds is 14. The van der Waals surface area contributed by atoms with E-state index in [-0.39, 0.29) is 36.5 Å². The molecule has 0 bridgehead atoms. The first-order valence-corrected chi connectivity index (χ1v) is 33.6. The van der Waals surface area contributed by atoms with E-state index in [1.807, 2.05) is 6.92 Å².